The Balaban J connectivity index is 2.03. The van der Waals surface area contributed by atoms with E-state index in [2.05, 4.69) is 6.07 Å². The fourth-order valence-corrected chi connectivity index (χ4v) is 4.73. The van der Waals surface area contributed by atoms with E-state index in [4.69, 9.17) is 26.8 Å². The van der Waals surface area contributed by atoms with Crippen molar-refractivity contribution in [2.24, 2.45) is 5.73 Å². The lowest BCUT2D eigenvalue weighted by Crippen LogP contribution is -2.41. The van der Waals surface area contributed by atoms with Gasteiger partial charge in [-0.3, -0.25) is 9.69 Å². The SMILES string of the molecule is COC(=O)C1=C(C(=O)OC)N(c2cc(N3CCCC3=O)ccc2Cl)C(N)=C(C#N)C1c1ccccc1. The predicted molar refractivity (Wildman–Crippen MR) is 133 cm³/mol. The van der Waals surface area contributed by atoms with Crippen LogP contribution in [0.2, 0.25) is 5.02 Å². The maximum atomic E-state index is 13.2. The van der Waals surface area contributed by atoms with Crippen molar-refractivity contribution in [3.63, 3.8) is 0 Å². The van der Waals surface area contributed by atoms with Gasteiger partial charge in [0.2, 0.25) is 5.91 Å². The Morgan fingerprint density at radius 3 is 2.39 bits per heavy atom. The van der Waals surface area contributed by atoms with Gasteiger partial charge in [-0.1, -0.05) is 41.9 Å². The zero-order chi connectivity index (χ0) is 26.0. The molecule has 0 bridgehead atoms. The molecule has 0 aromatic heterocycles. The van der Waals surface area contributed by atoms with Crippen LogP contribution in [0, 0.1) is 11.3 Å². The molecule has 2 N–H and O–H groups in total. The molecule has 2 aliphatic rings. The lowest BCUT2D eigenvalue weighted by Gasteiger charge is -2.36. The van der Waals surface area contributed by atoms with Crippen LogP contribution in [0.1, 0.15) is 24.3 Å². The normalized spacial score (nSPS) is 17.8. The Morgan fingerprint density at radius 1 is 1.11 bits per heavy atom. The highest BCUT2D eigenvalue weighted by Crippen LogP contribution is 2.45. The van der Waals surface area contributed by atoms with E-state index < -0.39 is 17.9 Å². The second kappa shape index (κ2) is 10.1. The second-order valence-corrected chi connectivity index (χ2v) is 8.53. The van der Waals surface area contributed by atoms with Gasteiger partial charge in [-0.05, 0) is 30.2 Å². The minimum Gasteiger partial charge on any atom is -0.466 e. The minimum atomic E-state index is -0.990. The molecule has 36 heavy (non-hydrogen) atoms. The number of methoxy groups -OCH3 is 2. The van der Waals surface area contributed by atoms with Crippen LogP contribution in [-0.2, 0) is 23.9 Å². The third kappa shape index (κ3) is 4.16. The molecule has 0 saturated carbocycles. The summed E-state index contributed by atoms with van der Waals surface area (Å²) < 4.78 is 10.1. The Hall–Kier alpha value is -4.29. The molecule has 10 heteroatoms. The standard InChI is InChI=1S/C26H23ClN4O5/c1-35-25(33)22-21(15-7-4-3-5-8-15)17(14-28)24(29)31(23(22)26(34)36-2)19-13-16(10-11-18(19)27)30-12-6-9-20(30)32/h3-5,7-8,10-11,13,21H,6,9,12,29H2,1-2H3. The molecule has 2 aromatic rings. The van der Waals surface area contributed by atoms with Gasteiger partial charge in [-0.25, -0.2) is 9.59 Å². The molecule has 0 spiro atoms. The zero-order valence-electron chi connectivity index (χ0n) is 19.7. The monoisotopic (exact) mass is 506 g/mol. The highest BCUT2D eigenvalue weighted by molar-refractivity contribution is 6.33. The van der Waals surface area contributed by atoms with Crippen molar-refractivity contribution in [2.75, 3.05) is 30.6 Å². The van der Waals surface area contributed by atoms with Gasteiger partial charge >= 0.3 is 11.9 Å². The first-order valence-corrected chi connectivity index (χ1v) is 11.5. The summed E-state index contributed by atoms with van der Waals surface area (Å²) in [5, 5.41) is 10.3. The zero-order valence-corrected chi connectivity index (χ0v) is 20.4. The molecule has 9 nitrogen and oxygen atoms in total. The number of hydrogen-bond donors (Lipinski definition) is 1. The molecule has 0 radical (unpaired) electrons. The number of nitriles is 1. The van der Waals surface area contributed by atoms with Gasteiger partial charge in [-0.15, -0.1) is 0 Å². The number of halogens is 1. The number of allylic oxidation sites excluding steroid dienone is 1. The molecule has 1 saturated heterocycles. The lowest BCUT2D eigenvalue weighted by molar-refractivity contribution is -0.139. The van der Waals surface area contributed by atoms with Crippen LogP contribution in [-0.4, -0.2) is 38.6 Å². The number of rotatable bonds is 5. The van der Waals surface area contributed by atoms with Crippen molar-refractivity contribution >= 4 is 40.8 Å². The Morgan fingerprint density at radius 2 is 1.81 bits per heavy atom. The average Bonchev–Trinajstić information content (AvgIpc) is 3.33. The summed E-state index contributed by atoms with van der Waals surface area (Å²) in [6.07, 6.45) is 1.13. The smallest absolute Gasteiger partial charge is 0.355 e. The van der Waals surface area contributed by atoms with Crippen molar-refractivity contribution in [3.8, 4) is 6.07 Å². The quantitative estimate of drug-likeness (QED) is 0.612. The first-order chi connectivity index (χ1) is 17.3. The number of nitrogens with zero attached hydrogens (tertiary/aromatic N) is 3. The number of esters is 2. The summed E-state index contributed by atoms with van der Waals surface area (Å²) in [5.74, 6) is -2.86. The highest BCUT2D eigenvalue weighted by atomic mass is 35.5. The van der Waals surface area contributed by atoms with Gasteiger partial charge in [0.05, 0.1) is 48.1 Å². The van der Waals surface area contributed by atoms with E-state index in [9.17, 15) is 19.6 Å². The van der Waals surface area contributed by atoms with Crippen molar-refractivity contribution in [2.45, 2.75) is 18.8 Å². The number of carbonyl (C=O) groups is 3. The molecule has 0 aliphatic carbocycles. The summed E-state index contributed by atoms with van der Waals surface area (Å²) in [6, 6.07) is 15.6. The Kier molecular flexibility index (Phi) is 6.99. The average molecular weight is 507 g/mol. The van der Waals surface area contributed by atoms with Crippen molar-refractivity contribution < 1.29 is 23.9 Å². The fourth-order valence-electron chi connectivity index (χ4n) is 4.53. The molecule has 1 atom stereocenters. The topological polar surface area (TPSA) is 126 Å². The largest absolute Gasteiger partial charge is 0.466 e. The summed E-state index contributed by atoms with van der Waals surface area (Å²) in [4.78, 5) is 41.6. The van der Waals surface area contributed by atoms with Crippen LogP contribution in [0.3, 0.4) is 0 Å². The molecular formula is C26H23ClN4O5. The van der Waals surface area contributed by atoms with Gasteiger partial charge in [0.15, 0.2) is 0 Å². The fraction of sp³-hybridized carbons (Fsp3) is 0.231. The van der Waals surface area contributed by atoms with E-state index in [-0.39, 0.29) is 39.3 Å². The number of nitrogens with two attached hydrogens (primary N) is 1. The van der Waals surface area contributed by atoms with Gasteiger partial charge in [0, 0.05) is 18.7 Å². The third-order valence-corrected chi connectivity index (χ3v) is 6.49. The van der Waals surface area contributed by atoms with E-state index in [0.717, 1.165) is 0 Å². The molecule has 1 unspecified atom stereocenters. The van der Waals surface area contributed by atoms with E-state index in [0.29, 0.717) is 30.6 Å². The summed E-state index contributed by atoms with van der Waals surface area (Å²) in [7, 11) is 2.34. The third-order valence-electron chi connectivity index (χ3n) is 6.17. The van der Waals surface area contributed by atoms with Gasteiger partial charge in [0.25, 0.3) is 0 Å². The molecule has 2 aromatic carbocycles. The minimum absolute atomic E-state index is 0.0213. The maximum Gasteiger partial charge on any atom is 0.355 e. The van der Waals surface area contributed by atoms with Crippen LogP contribution < -0.4 is 15.5 Å². The maximum absolute atomic E-state index is 13.2. The highest BCUT2D eigenvalue weighted by Gasteiger charge is 2.43. The molecule has 2 heterocycles. The molecular weight excluding hydrogens is 484 g/mol. The van der Waals surface area contributed by atoms with Crippen molar-refractivity contribution in [1.82, 2.24) is 0 Å². The summed E-state index contributed by atoms with van der Waals surface area (Å²) >= 11 is 6.56. The molecule has 1 fully saturated rings. The molecule has 2 aliphatic heterocycles. The summed E-state index contributed by atoms with van der Waals surface area (Å²) in [5.41, 5.74) is 7.49. The lowest BCUT2D eigenvalue weighted by atomic mass is 9.81. The Bertz CT molecular complexity index is 1350. The van der Waals surface area contributed by atoms with Gasteiger partial charge in [-0.2, -0.15) is 5.26 Å². The first kappa shape index (κ1) is 24.8. The number of benzene rings is 2. The van der Waals surface area contributed by atoms with E-state index in [1.165, 1.54) is 19.1 Å². The van der Waals surface area contributed by atoms with Crippen LogP contribution in [0.15, 0.2) is 71.2 Å². The number of hydrogen-bond acceptors (Lipinski definition) is 8. The second-order valence-electron chi connectivity index (χ2n) is 8.12. The van der Waals surface area contributed by atoms with Crippen molar-refractivity contribution in [3.05, 3.63) is 81.8 Å². The number of carbonyl (C=O) groups excluding carboxylic acids is 3. The van der Waals surface area contributed by atoms with Gasteiger partial charge in [0.1, 0.15) is 11.5 Å². The van der Waals surface area contributed by atoms with Gasteiger partial charge < -0.3 is 20.1 Å². The van der Waals surface area contributed by atoms with Crippen LogP contribution in [0.25, 0.3) is 0 Å². The molecule has 1 amide bonds. The van der Waals surface area contributed by atoms with E-state index >= 15 is 0 Å². The number of anilines is 2. The van der Waals surface area contributed by atoms with Crippen molar-refractivity contribution in [1.29, 1.82) is 5.26 Å². The molecule has 184 valence electrons. The van der Waals surface area contributed by atoms with Crippen LogP contribution in [0.4, 0.5) is 11.4 Å². The number of amides is 1. The number of ether oxygens (including phenoxy) is 2. The predicted octanol–water partition coefficient (Wildman–Crippen LogP) is 3.36. The van der Waals surface area contributed by atoms with E-state index in [1.807, 2.05) is 0 Å². The van der Waals surface area contributed by atoms with Crippen LogP contribution >= 0.6 is 11.6 Å². The van der Waals surface area contributed by atoms with E-state index in [1.54, 1.807) is 53.4 Å². The Labute approximate surface area is 212 Å². The summed E-state index contributed by atoms with van der Waals surface area (Å²) in [6.45, 7) is 0.526. The first-order valence-electron chi connectivity index (χ1n) is 11.1. The molecule has 4 rings (SSSR count). The van der Waals surface area contributed by atoms with Crippen LogP contribution in [0.5, 0.6) is 0 Å².